The Morgan fingerprint density at radius 1 is 1.21 bits per heavy atom. The minimum absolute atomic E-state index is 0.218. The van der Waals surface area contributed by atoms with Crippen molar-refractivity contribution in [3.63, 3.8) is 0 Å². The number of carbonyl (C=O) groups excluding carboxylic acids is 1. The maximum absolute atomic E-state index is 11.9. The van der Waals surface area contributed by atoms with Crippen LogP contribution in [0, 0.1) is 0 Å². The number of hydrogen-bond donors (Lipinski definition) is 2. The summed E-state index contributed by atoms with van der Waals surface area (Å²) in [7, 11) is 1.60. The molecule has 2 rings (SSSR count). The Morgan fingerprint density at radius 3 is 2.58 bits per heavy atom. The fraction of sp³-hybridized carbons (Fsp3) is 0.211. The van der Waals surface area contributed by atoms with Crippen molar-refractivity contribution >= 4 is 23.4 Å². The lowest BCUT2D eigenvalue weighted by Gasteiger charge is -2.08. The summed E-state index contributed by atoms with van der Waals surface area (Å²) in [6.45, 7) is 2.67. The molecule has 0 unspecified atom stereocenters. The lowest BCUT2D eigenvalue weighted by molar-refractivity contribution is -0.111. The van der Waals surface area contributed by atoms with Gasteiger partial charge in [0.15, 0.2) is 0 Å². The molecule has 2 aromatic rings. The third kappa shape index (κ3) is 5.05. The number of amides is 1. The SMILES string of the molecule is CCCOc1ccc(/C=C\C(=O)Nc2ccc(OC)cc2)cc1N. The van der Waals surface area contributed by atoms with Crippen LogP contribution in [0.3, 0.4) is 0 Å². The van der Waals surface area contributed by atoms with Crippen LogP contribution in [-0.2, 0) is 4.79 Å². The highest BCUT2D eigenvalue weighted by atomic mass is 16.5. The number of benzene rings is 2. The summed E-state index contributed by atoms with van der Waals surface area (Å²) in [5.74, 6) is 1.19. The Bertz CT molecular complexity index is 709. The average molecular weight is 326 g/mol. The fourth-order valence-corrected chi connectivity index (χ4v) is 2.04. The largest absolute Gasteiger partial charge is 0.497 e. The Morgan fingerprint density at radius 2 is 1.96 bits per heavy atom. The number of ether oxygens (including phenoxy) is 2. The summed E-state index contributed by atoms with van der Waals surface area (Å²) < 4.78 is 10.6. The summed E-state index contributed by atoms with van der Waals surface area (Å²) in [6, 6.07) is 12.6. The zero-order valence-electron chi connectivity index (χ0n) is 13.9. The van der Waals surface area contributed by atoms with Crippen LogP contribution in [0.15, 0.2) is 48.5 Å². The second kappa shape index (κ2) is 8.62. The van der Waals surface area contributed by atoms with E-state index in [1.165, 1.54) is 6.08 Å². The highest BCUT2D eigenvalue weighted by Crippen LogP contribution is 2.23. The van der Waals surface area contributed by atoms with Gasteiger partial charge in [0.1, 0.15) is 11.5 Å². The van der Waals surface area contributed by atoms with Gasteiger partial charge in [-0.15, -0.1) is 0 Å². The Balaban J connectivity index is 1.96. The third-order valence-electron chi connectivity index (χ3n) is 3.28. The summed E-state index contributed by atoms with van der Waals surface area (Å²) in [4.78, 5) is 11.9. The van der Waals surface area contributed by atoms with Crippen molar-refractivity contribution in [3.05, 3.63) is 54.1 Å². The first kappa shape index (κ1) is 17.4. The zero-order valence-corrected chi connectivity index (χ0v) is 13.9. The first-order chi connectivity index (χ1) is 11.6. The predicted octanol–water partition coefficient (Wildman–Crippen LogP) is 3.72. The van der Waals surface area contributed by atoms with Gasteiger partial charge in [0.25, 0.3) is 0 Å². The van der Waals surface area contributed by atoms with Gasteiger partial charge < -0.3 is 20.5 Å². The molecule has 0 fully saturated rings. The minimum Gasteiger partial charge on any atom is -0.497 e. The maximum Gasteiger partial charge on any atom is 0.248 e. The van der Waals surface area contributed by atoms with Crippen LogP contribution in [0.2, 0.25) is 0 Å². The smallest absolute Gasteiger partial charge is 0.248 e. The van der Waals surface area contributed by atoms with Crippen LogP contribution in [0.25, 0.3) is 6.08 Å². The van der Waals surface area contributed by atoms with Crippen LogP contribution in [0.5, 0.6) is 11.5 Å². The van der Waals surface area contributed by atoms with Crippen molar-refractivity contribution in [3.8, 4) is 11.5 Å². The molecule has 5 heteroatoms. The summed E-state index contributed by atoms with van der Waals surface area (Å²) in [5, 5.41) is 2.78. The van der Waals surface area contributed by atoms with E-state index < -0.39 is 0 Å². The molecule has 2 aromatic carbocycles. The molecule has 0 spiro atoms. The normalized spacial score (nSPS) is 10.6. The monoisotopic (exact) mass is 326 g/mol. The van der Waals surface area contributed by atoms with Crippen molar-refractivity contribution < 1.29 is 14.3 Å². The molecule has 0 heterocycles. The van der Waals surface area contributed by atoms with E-state index in [9.17, 15) is 4.79 Å². The molecule has 0 aliphatic heterocycles. The first-order valence-electron chi connectivity index (χ1n) is 7.78. The van der Waals surface area contributed by atoms with E-state index in [-0.39, 0.29) is 5.91 Å². The number of hydrogen-bond acceptors (Lipinski definition) is 4. The number of carbonyl (C=O) groups is 1. The topological polar surface area (TPSA) is 73.6 Å². The Hall–Kier alpha value is -2.95. The van der Waals surface area contributed by atoms with Gasteiger partial charge in [0, 0.05) is 11.8 Å². The first-order valence-corrected chi connectivity index (χ1v) is 7.78. The molecule has 126 valence electrons. The molecule has 24 heavy (non-hydrogen) atoms. The van der Waals surface area contributed by atoms with Crippen molar-refractivity contribution in [2.45, 2.75) is 13.3 Å². The van der Waals surface area contributed by atoms with E-state index in [1.807, 2.05) is 19.1 Å². The van der Waals surface area contributed by atoms with Gasteiger partial charge in [-0.25, -0.2) is 0 Å². The molecule has 1 amide bonds. The van der Waals surface area contributed by atoms with Crippen molar-refractivity contribution in [2.75, 3.05) is 24.8 Å². The number of nitrogen functional groups attached to an aromatic ring is 1. The number of nitrogens with one attached hydrogen (secondary N) is 1. The number of anilines is 2. The zero-order chi connectivity index (χ0) is 17.4. The standard InChI is InChI=1S/C19H22N2O3/c1-3-12-24-18-10-4-14(13-17(18)20)5-11-19(22)21-15-6-8-16(23-2)9-7-15/h4-11,13H,3,12,20H2,1-2H3,(H,21,22)/b11-5-. The van der Waals surface area contributed by atoms with Gasteiger partial charge in [-0.1, -0.05) is 13.0 Å². The van der Waals surface area contributed by atoms with Gasteiger partial charge in [-0.3, -0.25) is 4.79 Å². The van der Waals surface area contributed by atoms with Gasteiger partial charge in [-0.2, -0.15) is 0 Å². The summed E-state index contributed by atoms with van der Waals surface area (Å²) in [5.41, 5.74) is 8.04. The maximum atomic E-state index is 11.9. The van der Waals surface area contributed by atoms with E-state index in [0.717, 1.165) is 17.7 Å². The van der Waals surface area contributed by atoms with Gasteiger partial charge in [0.2, 0.25) is 5.91 Å². The molecule has 0 aliphatic carbocycles. The van der Waals surface area contributed by atoms with Gasteiger partial charge in [-0.05, 0) is 54.5 Å². The van der Waals surface area contributed by atoms with E-state index in [4.69, 9.17) is 15.2 Å². The lowest BCUT2D eigenvalue weighted by Crippen LogP contribution is -2.07. The second-order valence-electron chi connectivity index (χ2n) is 5.20. The quantitative estimate of drug-likeness (QED) is 0.601. The van der Waals surface area contributed by atoms with Gasteiger partial charge >= 0.3 is 0 Å². The van der Waals surface area contributed by atoms with E-state index in [0.29, 0.717) is 23.7 Å². The van der Waals surface area contributed by atoms with Crippen LogP contribution in [0.4, 0.5) is 11.4 Å². The van der Waals surface area contributed by atoms with Crippen molar-refractivity contribution in [1.82, 2.24) is 0 Å². The molecule has 0 aliphatic rings. The lowest BCUT2D eigenvalue weighted by atomic mass is 10.1. The van der Waals surface area contributed by atoms with Gasteiger partial charge in [0.05, 0.1) is 19.4 Å². The molecule has 3 N–H and O–H groups in total. The number of nitrogens with two attached hydrogens (primary N) is 1. The Labute approximate surface area is 142 Å². The highest BCUT2D eigenvalue weighted by molar-refractivity contribution is 6.02. The number of methoxy groups -OCH3 is 1. The summed E-state index contributed by atoms with van der Waals surface area (Å²) in [6.07, 6.45) is 4.09. The van der Waals surface area contributed by atoms with Crippen LogP contribution in [0.1, 0.15) is 18.9 Å². The molecular formula is C19H22N2O3. The highest BCUT2D eigenvalue weighted by Gasteiger charge is 2.02. The summed E-state index contributed by atoms with van der Waals surface area (Å²) >= 11 is 0. The van der Waals surface area contributed by atoms with Crippen LogP contribution < -0.4 is 20.5 Å². The van der Waals surface area contributed by atoms with E-state index >= 15 is 0 Å². The van der Waals surface area contributed by atoms with E-state index in [2.05, 4.69) is 5.32 Å². The third-order valence-corrected chi connectivity index (χ3v) is 3.28. The Kier molecular flexibility index (Phi) is 6.25. The number of rotatable bonds is 7. The van der Waals surface area contributed by atoms with Crippen molar-refractivity contribution in [2.24, 2.45) is 0 Å². The molecule has 0 radical (unpaired) electrons. The molecule has 0 aromatic heterocycles. The molecule has 0 saturated heterocycles. The molecule has 0 atom stereocenters. The molecule has 0 bridgehead atoms. The van der Waals surface area contributed by atoms with E-state index in [1.54, 1.807) is 43.5 Å². The predicted molar refractivity (Wildman–Crippen MR) is 97.3 cm³/mol. The second-order valence-corrected chi connectivity index (χ2v) is 5.20. The minimum atomic E-state index is -0.218. The fourth-order valence-electron chi connectivity index (χ4n) is 2.04. The van der Waals surface area contributed by atoms with Crippen molar-refractivity contribution in [1.29, 1.82) is 0 Å². The molecule has 5 nitrogen and oxygen atoms in total. The van der Waals surface area contributed by atoms with Crippen LogP contribution in [-0.4, -0.2) is 19.6 Å². The molecular weight excluding hydrogens is 304 g/mol. The van der Waals surface area contributed by atoms with Crippen LogP contribution >= 0.6 is 0 Å². The molecule has 0 saturated carbocycles. The average Bonchev–Trinajstić information content (AvgIpc) is 2.60.